The predicted molar refractivity (Wildman–Crippen MR) is 86.2 cm³/mol. The fraction of sp³-hybridized carbons (Fsp3) is 0.357. The number of hydrogen-bond acceptors (Lipinski definition) is 6. The molecule has 3 aromatic rings. The van der Waals surface area contributed by atoms with Crippen LogP contribution in [0.2, 0.25) is 0 Å². The van der Waals surface area contributed by atoms with Gasteiger partial charge in [0.25, 0.3) is 5.56 Å². The highest BCUT2D eigenvalue weighted by molar-refractivity contribution is 7.16. The summed E-state index contributed by atoms with van der Waals surface area (Å²) >= 11 is 3.04. The van der Waals surface area contributed by atoms with Crippen LogP contribution in [0, 0.1) is 0 Å². The molecule has 110 valence electrons. The first-order valence-corrected chi connectivity index (χ1v) is 8.31. The SMILES string of the molecule is COCc1csc2nc(-c3csc(C(C)C)n3)[nH]c(=O)c12. The van der Waals surface area contributed by atoms with Gasteiger partial charge in [-0.1, -0.05) is 13.8 Å². The molecule has 21 heavy (non-hydrogen) atoms. The minimum Gasteiger partial charge on any atom is -0.380 e. The molecule has 0 atom stereocenters. The Balaban J connectivity index is 2.10. The molecule has 0 aliphatic carbocycles. The number of aromatic nitrogens is 3. The Labute approximate surface area is 129 Å². The Kier molecular flexibility index (Phi) is 3.88. The van der Waals surface area contributed by atoms with Gasteiger partial charge in [-0.2, -0.15) is 0 Å². The number of fused-ring (bicyclic) bond motifs is 1. The highest BCUT2D eigenvalue weighted by Crippen LogP contribution is 2.26. The molecular weight excluding hydrogens is 306 g/mol. The summed E-state index contributed by atoms with van der Waals surface area (Å²) in [6.45, 7) is 4.61. The zero-order valence-corrected chi connectivity index (χ0v) is 13.6. The molecule has 0 radical (unpaired) electrons. The Morgan fingerprint density at radius 3 is 2.76 bits per heavy atom. The first kappa shape index (κ1) is 14.4. The van der Waals surface area contributed by atoms with Gasteiger partial charge < -0.3 is 9.72 Å². The fourth-order valence-electron chi connectivity index (χ4n) is 2.05. The minimum absolute atomic E-state index is 0.137. The van der Waals surface area contributed by atoms with Gasteiger partial charge in [-0.05, 0) is 5.38 Å². The topological polar surface area (TPSA) is 67.9 Å². The minimum atomic E-state index is -0.137. The van der Waals surface area contributed by atoms with Gasteiger partial charge in [-0.25, -0.2) is 9.97 Å². The van der Waals surface area contributed by atoms with Crippen LogP contribution in [-0.4, -0.2) is 22.1 Å². The second-order valence-electron chi connectivity index (χ2n) is 5.01. The van der Waals surface area contributed by atoms with Crippen molar-refractivity contribution in [2.24, 2.45) is 0 Å². The molecule has 0 unspecified atom stereocenters. The number of nitrogens with one attached hydrogen (secondary N) is 1. The van der Waals surface area contributed by atoms with E-state index >= 15 is 0 Å². The fourth-order valence-corrected chi connectivity index (χ4v) is 3.80. The lowest BCUT2D eigenvalue weighted by molar-refractivity contribution is 0.186. The van der Waals surface area contributed by atoms with E-state index in [1.165, 1.54) is 11.3 Å². The van der Waals surface area contributed by atoms with E-state index in [1.54, 1.807) is 18.4 Å². The summed E-state index contributed by atoms with van der Waals surface area (Å²) in [4.78, 5) is 24.9. The van der Waals surface area contributed by atoms with Crippen LogP contribution >= 0.6 is 22.7 Å². The van der Waals surface area contributed by atoms with E-state index in [2.05, 4.69) is 28.8 Å². The van der Waals surface area contributed by atoms with Gasteiger partial charge in [0.1, 0.15) is 10.5 Å². The van der Waals surface area contributed by atoms with Crippen molar-refractivity contribution in [2.75, 3.05) is 7.11 Å². The molecule has 0 bridgehead atoms. The number of thiophene rings is 1. The summed E-state index contributed by atoms with van der Waals surface area (Å²) in [7, 11) is 1.61. The molecule has 0 aliphatic rings. The van der Waals surface area contributed by atoms with E-state index in [4.69, 9.17) is 4.74 Å². The quantitative estimate of drug-likeness (QED) is 0.800. The van der Waals surface area contributed by atoms with Crippen LogP contribution in [-0.2, 0) is 11.3 Å². The number of hydrogen-bond donors (Lipinski definition) is 1. The van der Waals surface area contributed by atoms with Crippen molar-refractivity contribution >= 4 is 32.9 Å². The summed E-state index contributed by atoms with van der Waals surface area (Å²) < 4.78 is 5.11. The van der Waals surface area contributed by atoms with E-state index in [-0.39, 0.29) is 5.56 Å². The lowest BCUT2D eigenvalue weighted by Crippen LogP contribution is -2.10. The van der Waals surface area contributed by atoms with Crippen molar-refractivity contribution in [1.82, 2.24) is 15.0 Å². The van der Waals surface area contributed by atoms with Gasteiger partial charge in [-0.3, -0.25) is 4.79 Å². The highest BCUT2D eigenvalue weighted by atomic mass is 32.1. The van der Waals surface area contributed by atoms with E-state index < -0.39 is 0 Å². The molecule has 3 heterocycles. The molecule has 0 saturated carbocycles. The van der Waals surface area contributed by atoms with Crippen LogP contribution in [0.15, 0.2) is 15.6 Å². The average Bonchev–Trinajstić information content (AvgIpc) is 3.06. The lowest BCUT2D eigenvalue weighted by Gasteiger charge is -2.00. The first-order valence-electron chi connectivity index (χ1n) is 6.55. The summed E-state index contributed by atoms with van der Waals surface area (Å²) in [5.74, 6) is 0.899. The average molecular weight is 321 g/mol. The molecule has 3 rings (SSSR count). The van der Waals surface area contributed by atoms with Gasteiger partial charge in [0, 0.05) is 24.0 Å². The molecule has 5 nitrogen and oxygen atoms in total. The highest BCUT2D eigenvalue weighted by Gasteiger charge is 2.14. The number of aromatic amines is 1. The molecular formula is C14H15N3O2S2. The van der Waals surface area contributed by atoms with Crippen LogP contribution in [0.25, 0.3) is 21.7 Å². The Morgan fingerprint density at radius 1 is 1.29 bits per heavy atom. The maximum Gasteiger partial charge on any atom is 0.260 e. The smallest absolute Gasteiger partial charge is 0.260 e. The van der Waals surface area contributed by atoms with Crippen molar-refractivity contribution in [3.8, 4) is 11.5 Å². The third-order valence-electron chi connectivity index (χ3n) is 3.08. The molecule has 3 aromatic heterocycles. The van der Waals surface area contributed by atoms with Gasteiger partial charge in [-0.15, -0.1) is 22.7 Å². The van der Waals surface area contributed by atoms with Gasteiger partial charge in [0.05, 0.1) is 17.0 Å². The summed E-state index contributed by atoms with van der Waals surface area (Å²) in [6.07, 6.45) is 0. The maximum absolute atomic E-state index is 12.3. The maximum atomic E-state index is 12.3. The van der Waals surface area contributed by atoms with Crippen molar-refractivity contribution in [3.63, 3.8) is 0 Å². The van der Waals surface area contributed by atoms with Gasteiger partial charge in [0.2, 0.25) is 0 Å². The molecule has 0 aromatic carbocycles. The van der Waals surface area contributed by atoms with Crippen molar-refractivity contribution in [1.29, 1.82) is 0 Å². The molecule has 7 heteroatoms. The van der Waals surface area contributed by atoms with Crippen LogP contribution in [0.4, 0.5) is 0 Å². The third kappa shape index (κ3) is 2.64. The number of rotatable bonds is 4. The molecule has 0 fully saturated rings. The summed E-state index contributed by atoms with van der Waals surface area (Å²) in [5, 5.41) is 5.51. The zero-order chi connectivity index (χ0) is 15.0. The lowest BCUT2D eigenvalue weighted by atomic mass is 10.2. The Bertz CT molecular complexity index is 832. The van der Waals surface area contributed by atoms with E-state index in [1.807, 2.05) is 10.8 Å². The standard InChI is InChI=1S/C14H15N3O2S2/c1-7(2)13-15-9(6-21-13)11-16-12(18)10-8(4-19-3)5-20-14(10)17-11/h5-7H,4H2,1-3H3,(H,16,17,18). The number of ether oxygens (including phenoxy) is 1. The largest absolute Gasteiger partial charge is 0.380 e. The van der Waals surface area contributed by atoms with Crippen LogP contribution in [0.1, 0.15) is 30.3 Å². The van der Waals surface area contributed by atoms with Crippen molar-refractivity contribution < 1.29 is 4.74 Å². The predicted octanol–water partition coefficient (Wildman–Crippen LogP) is 3.38. The number of methoxy groups -OCH3 is 1. The van der Waals surface area contributed by atoms with Gasteiger partial charge in [0.15, 0.2) is 5.82 Å². The van der Waals surface area contributed by atoms with E-state index in [9.17, 15) is 4.79 Å². The Morgan fingerprint density at radius 2 is 2.10 bits per heavy atom. The van der Waals surface area contributed by atoms with Crippen LogP contribution < -0.4 is 5.56 Å². The van der Waals surface area contributed by atoms with E-state index in [0.717, 1.165) is 21.1 Å². The van der Waals surface area contributed by atoms with Gasteiger partial charge >= 0.3 is 0 Å². The van der Waals surface area contributed by atoms with Crippen molar-refractivity contribution in [3.05, 3.63) is 31.7 Å². The summed E-state index contributed by atoms with van der Waals surface area (Å²) in [6, 6.07) is 0. The zero-order valence-electron chi connectivity index (χ0n) is 12.0. The van der Waals surface area contributed by atoms with E-state index in [0.29, 0.717) is 23.7 Å². The summed E-state index contributed by atoms with van der Waals surface area (Å²) in [5.41, 5.74) is 1.46. The second-order valence-corrected chi connectivity index (χ2v) is 6.76. The number of H-pyrrole nitrogens is 1. The Hall–Kier alpha value is -1.57. The molecule has 0 spiro atoms. The molecule has 0 aliphatic heterocycles. The van der Waals surface area contributed by atoms with Crippen LogP contribution in [0.5, 0.6) is 0 Å². The first-order chi connectivity index (χ1) is 10.1. The normalized spacial score (nSPS) is 11.6. The second kappa shape index (κ2) is 5.67. The number of nitrogens with zero attached hydrogens (tertiary/aromatic N) is 2. The monoisotopic (exact) mass is 321 g/mol. The molecule has 1 N–H and O–H groups in total. The van der Waals surface area contributed by atoms with Crippen molar-refractivity contribution in [2.45, 2.75) is 26.4 Å². The molecule has 0 amide bonds. The van der Waals surface area contributed by atoms with Crippen LogP contribution in [0.3, 0.4) is 0 Å². The molecule has 0 saturated heterocycles. The third-order valence-corrected chi connectivity index (χ3v) is 5.14. The number of thiazole rings is 1.